The van der Waals surface area contributed by atoms with Crippen molar-refractivity contribution >= 4 is 11.0 Å². The molecule has 147 valence electrons. The van der Waals surface area contributed by atoms with Crippen LogP contribution in [0.5, 0.6) is 0 Å². The van der Waals surface area contributed by atoms with E-state index in [9.17, 15) is 0 Å². The van der Waals surface area contributed by atoms with Gasteiger partial charge in [-0.2, -0.15) is 5.10 Å². The van der Waals surface area contributed by atoms with E-state index in [4.69, 9.17) is 0 Å². The first-order chi connectivity index (χ1) is 13.0. The fourth-order valence-electron chi connectivity index (χ4n) is 3.57. The summed E-state index contributed by atoms with van der Waals surface area (Å²) in [6.45, 7) is 8.89. The van der Waals surface area contributed by atoms with Gasteiger partial charge < -0.3 is 9.13 Å². The van der Waals surface area contributed by atoms with Crippen LogP contribution in [-0.2, 0) is 27.2 Å². The van der Waals surface area contributed by atoms with Gasteiger partial charge in [0, 0.05) is 38.4 Å². The zero-order chi connectivity index (χ0) is 19.1. The summed E-state index contributed by atoms with van der Waals surface area (Å²) >= 11 is 0. The van der Waals surface area contributed by atoms with Crippen LogP contribution < -0.4 is 0 Å². The standard InChI is InChI=1S/C22H24N5.Ir/c1-14(2)17-7-6-8-18(15(3)4)21(17)27-13-24-25-22(27)16-9-10-20-19(11-16)23-12-26(20)5;/h6-8,10-15H,1-5H3;/q-1;. The molecule has 0 amide bonds. The summed E-state index contributed by atoms with van der Waals surface area (Å²) in [5, 5.41) is 8.65. The Morgan fingerprint density at radius 2 is 1.68 bits per heavy atom. The Morgan fingerprint density at radius 1 is 1.00 bits per heavy atom. The van der Waals surface area contributed by atoms with Crippen molar-refractivity contribution in [2.45, 2.75) is 39.5 Å². The van der Waals surface area contributed by atoms with Crippen molar-refractivity contribution in [3.8, 4) is 17.1 Å². The summed E-state index contributed by atoms with van der Waals surface area (Å²) in [7, 11) is 1.99. The molecule has 6 heteroatoms. The number of aromatic nitrogens is 5. The van der Waals surface area contributed by atoms with Crippen LogP contribution in [-0.4, -0.2) is 24.3 Å². The van der Waals surface area contributed by atoms with E-state index < -0.39 is 0 Å². The SMILES string of the molecule is CC(C)c1cccc(C(C)C)c1-n1cnnc1-c1[c-]cc2c(c1)ncn2C.[Ir]. The Hall–Kier alpha value is -2.30. The predicted octanol–water partition coefficient (Wildman–Crippen LogP) is 4.87. The number of para-hydroxylation sites is 1. The second-order valence-electron chi connectivity index (χ2n) is 7.59. The Bertz CT molecular complexity index is 1080. The van der Waals surface area contributed by atoms with E-state index in [0.29, 0.717) is 11.8 Å². The van der Waals surface area contributed by atoms with Crippen molar-refractivity contribution in [3.05, 3.63) is 60.2 Å². The Morgan fingerprint density at radius 3 is 2.32 bits per heavy atom. The number of fused-ring (bicyclic) bond motifs is 1. The maximum absolute atomic E-state index is 4.47. The van der Waals surface area contributed by atoms with Gasteiger partial charge in [0.15, 0.2) is 0 Å². The minimum absolute atomic E-state index is 0. The van der Waals surface area contributed by atoms with Gasteiger partial charge >= 0.3 is 0 Å². The molecule has 2 aromatic heterocycles. The first kappa shape index (κ1) is 20.4. The monoisotopic (exact) mass is 551 g/mol. The number of rotatable bonds is 4. The van der Waals surface area contributed by atoms with Crippen LogP contribution in [0.1, 0.15) is 50.7 Å². The predicted molar refractivity (Wildman–Crippen MR) is 108 cm³/mol. The molecule has 5 nitrogen and oxygen atoms in total. The molecule has 0 aliphatic carbocycles. The van der Waals surface area contributed by atoms with Crippen LogP contribution in [0.15, 0.2) is 43.0 Å². The van der Waals surface area contributed by atoms with Crippen molar-refractivity contribution < 1.29 is 20.1 Å². The van der Waals surface area contributed by atoms with Crippen molar-refractivity contribution in [2.24, 2.45) is 7.05 Å². The van der Waals surface area contributed by atoms with Gasteiger partial charge in [0.05, 0.1) is 12.2 Å². The first-order valence-electron chi connectivity index (χ1n) is 9.33. The molecule has 2 aromatic carbocycles. The molecule has 0 saturated heterocycles. The molecule has 4 rings (SSSR count). The van der Waals surface area contributed by atoms with Crippen molar-refractivity contribution in [1.29, 1.82) is 0 Å². The average Bonchev–Trinajstić information content (AvgIpc) is 3.27. The Labute approximate surface area is 179 Å². The third kappa shape index (κ3) is 3.43. The van der Waals surface area contributed by atoms with Crippen LogP contribution >= 0.6 is 0 Å². The maximum atomic E-state index is 4.47. The largest absolute Gasteiger partial charge is 0.373 e. The van der Waals surface area contributed by atoms with E-state index in [1.807, 2.05) is 30.1 Å². The molecule has 0 aliphatic rings. The van der Waals surface area contributed by atoms with E-state index in [1.165, 1.54) is 16.8 Å². The zero-order valence-corrected chi connectivity index (χ0v) is 19.2. The van der Waals surface area contributed by atoms with E-state index >= 15 is 0 Å². The van der Waals surface area contributed by atoms with Crippen molar-refractivity contribution in [1.82, 2.24) is 24.3 Å². The third-order valence-corrected chi connectivity index (χ3v) is 5.03. The second kappa shape index (κ2) is 7.98. The fraction of sp³-hybridized carbons (Fsp3) is 0.318. The maximum Gasteiger partial charge on any atom is 0.114 e. The quantitative estimate of drug-likeness (QED) is 0.341. The second-order valence-corrected chi connectivity index (χ2v) is 7.59. The van der Waals surface area contributed by atoms with Gasteiger partial charge in [-0.05, 0) is 28.5 Å². The van der Waals surface area contributed by atoms with Crippen molar-refractivity contribution in [3.63, 3.8) is 0 Å². The minimum Gasteiger partial charge on any atom is -0.373 e. The summed E-state index contributed by atoms with van der Waals surface area (Å²) < 4.78 is 4.09. The van der Waals surface area contributed by atoms with Gasteiger partial charge in [-0.1, -0.05) is 45.9 Å². The molecule has 0 bridgehead atoms. The topological polar surface area (TPSA) is 48.5 Å². The average molecular weight is 551 g/mol. The van der Waals surface area contributed by atoms with Gasteiger partial charge in [0.2, 0.25) is 0 Å². The molecule has 4 aromatic rings. The molecular weight excluding hydrogens is 526 g/mol. The molecule has 0 unspecified atom stereocenters. The molecule has 1 radical (unpaired) electrons. The molecule has 0 spiro atoms. The van der Waals surface area contributed by atoms with Crippen LogP contribution in [0.4, 0.5) is 0 Å². The molecular formula is C22H24IrN5-. The van der Waals surface area contributed by atoms with E-state index in [2.05, 4.69) is 71.7 Å². The summed E-state index contributed by atoms with van der Waals surface area (Å²) in [5.41, 5.74) is 6.64. The Kier molecular flexibility index (Phi) is 5.82. The number of hydrogen-bond acceptors (Lipinski definition) is 3. The minimum atomic E-state index is 0. The van der Waals surface area contributed by atoms with E-state index in [-0.39, 0.29) is 20.1 Å². The third-order valence-electron chi connectivity index (χ3n) is 5.03. The molecule has 28 heavy (non-hydrogen) atoms. The zero-order valence-electron chi connectivity index (χ0n) is 16.8. The number of hydrogen-bond donors (Lipinski definition) is 0. The molecule has 0 fully saturated rings. The van der Waals surface area contributed by atoms with Gasteiger partial charge in [-0.3, -0.25) is 4.98 Å². The number of nitrogens with zero attached hydrogens (tertiary/aromatic N) is 5. The Balaban J connectivity index is 0.00000225. The molecule has 0 N–H and O–H groups in total. The van der Waals surface area contributed by atoms with Crippen LogP contribution in [0.3, 0.4) is 0 Å². The summed E-state index contributed by atoms with van der Waals surface area (Å²) in [6, 6.07) is 13.9. The van der Waals surface area contributed by atoms with Crippen LogP contribution in [0, 0.1) is 6.07 Å². The van der Waals surface area contributed by atoms with Crippen molar-refractivity contribution in [2.75, 3.05) is 0 Å². The first-order valence-corrected chi connectivity index (χ1v) is 9.33. The number of imidazole rings is 1. The molecule has 0 atom stereocenters. The van der Waals surface area contributed by atoms with Gasteiger partial charge in [-0.25, -0.2) is 0 Å². The summed E-state index contributed by atoms with van der Waals surface area (Å²) in [4.78, 5) is 4.47. The van der Waals surface area contributed by atoms with E-state index in [0.717, 1.165) is 22.4 Å². The normalized spacial score (nSPS) is 11.4. The number of benzene rings is 2. The number of aryl methyl sites for hydroxylation is 1. The van der Waals surface area contributed by atoms with Gasteiger partial charge in [-0.15, -0.1) is 28.9 Å². The summed E-state index contributed by atoms with van der Waals surface area (Å²) in [5.74, 6) is 1.59. The smallest absolute Gasteiger partial charge is 0.114 e. The van der Waals surface area contributed by atoms with E-state index in [1.54, 1.807) is 6.33 Å². The summed E-state index contributed by atoms with van der Waals surface area (Å²) in [6.07, 6.45) is 3.62. The van der Waals surface area contributed by atoms with Crippen LogP contribution in [0.2, 0.25) is 0 Å². The fourth-order valence-corrected chi connectivity index (χ4v) is 3.57. The van der Waals surface area contributed by atoms with Gasteiger partial charge in [0.25, 0.3) is 0 Å². The van der Waals surface area contributed by atoms with Gasteiger partial charge in [0.1, 0.15) is 6.33 Å². The molecule has 0 aliphatic heterocycles. The molecule has 2 heterocycles. The van der Waals surface area contributed by atoms with Crippen LogP contribution in [0.25, 0.3) is 28.1 Å². The molecule has 0 saturated carbocycles.